The first-order valence-electron chi connectivity index (χ1n) is 18.0. The first kappa shape index (κ1) is 30.2. The van der Waals surface area contributed by atoms with Crippen molar-refractivity contribution in [3.63, 3.8) is 0 Å². The van der Waals surface area contributed by atoms with Crippen LogP contribution in [0, 0.1) is 0 Å². The van der Waals surface area contributed by atoms with Crippen molar-refractivity contribution in [3.8, 4) is 67.5 Å². The van der Waals surface area contributed by atoms with Crippen molar-refractivity contribution < 1.29 is 0 Å². The van der Waals surface area contributed by atoms with E-state index in [1.54, 1.807) is 0 Å². The van der Waals surface area contributed by atoms with Crippen LogP contribution in [-0.2, 0) is 16.2 Å². The summed E-state index contributed by atoms with van der Waals surface area (Å²) in [4.78, 5) is 15.7. The Hall–Kier alpha value is -5.67. The minimum absolute atomic E-state index is 0.0663. The fourth-order valence-electron chi connectivity index (χ4n) is 9.33. The molecule has 0 fully saturated rings. The van der Waals surface area contributed by atoms with Gasteiger partial charge in [-0.2, -0.15) is 0 Å². The average molecular weight is 658 g/mol. The van der Waals surface area contributed by atoms with E-state index >= 15 is 0 Å². The highest BCUT2D eigenvalue weighted by molar-refractivity contribution is 5.87. The Morgan fingerprint density at radius 3 is 1.06 bits per heavy atom. The Bertz CT molecular complexity index is 2500. The molecule has 51 heavy (non-hydrogen) atoms. The lowest BCUT2D eigenvalue weighted by Crippen LogP contribution is -2.15. The van der Waals surface area contributed by atoms with E-state index in [0.717, 1.165) is 16.7 Å². The Morgan fingerprint density at radius 1 is 0.294 bits per heavy atom. The van der Waals surface area contributed by atoms with Crippen LogP contribution in [0.15, 0.2) is 127 Å². The zero-order valence-corrected chi connectivity index (χ0v) is 30.0. The molecule has 0 bridgehead atoms. The van der Waals surface area contributed by atoms with Gasteiger partial charge in [-0.05, 0) is 85.0 Å². The molecular formula is C48H39N3. The maximum Gasteiger partial charge on any atom is 0.164 e. The summed E-state index contributed by atoms with van der Waals surface area (Å²) in [6.07, 6.45) is 0. The molecule has 0 atom stereocenters. The van der Waals surface area contributed by atoms with E-state index in [1.807, 2.05) is 0 Å². The highest BCUT2D eigenvalue weighted by Gasteiger charge is 2.38. The van der Waals surface area contributed by atoms with Crippen molar-refractivity contribution in [2.75, 3.05) is 0 Å². The number of rotatable bonds is 3. The van der Waals surface area contributed by atoms with Crippen LogP contribution in [0.4, 0.5) is 0 Å². The minimum atomic E-state index is -0.124. The van der Waals surface area contributed by atoms with E-state index in [4.69, 9.17) is 15.0 Å². The Balaban J connectivity index is 1.17. The lowest BCUT2D eigenvalue weighted by molar-refractivity contribution is 0.660. The minimum Gasteiger partial charge on any atom is -0.208 e. The van der Waals surface area contributed by atoms with Crippen LogP contribution < -0.4 is 0 Å². The lowest BCUT2D eigenvalue weighted by atomic mass is 9.82. The number of fused-ring (bicyclic) bond motifs is 9. The quantitative estimate of drug-likeness (QED) is 0.190. The van der Waals surface area contributed by atoms with Gasteiger partial charge in [0, 0.05) is 32.9 Å². The van der Waals surface area contributed by atoms with Gasteiger partial charge in [0.2, 0.25) is 0 Å². The van der Waals surface area contributed by atoms with Gasteiger partial charge >= 0.3 is 0 Å². The summed E-state index contributed by atoms with van der Waals surface area (Å²) >= 11 is 0. The van der Waals surface area contributed by atoms with Crippen molar-refractivity contribution >= 4 is 0 Å². The molecule has 0 unspecified atom stereocenters. The van der Waals surface area contributed by atoms with Gasteiger partial charge in [-0.15, -0.1) is 0 Å². The lowest BCUT2D eigenvalue weighted by Gasteiger charge is -2.22. The normalized spacial score (nSPS) is 16.1. The van der Waals surface area contributed by atoms with Crippen molar-refractivity contribution in [2.24, 2.45) is 0 Å². The summed E-state index contributed by atoms with van der Waals surface area (Å²) in [5, 5.41) is 0. The van der Waals surface area contributed by atoms with Crippen LogP contribution in [0.5, 0.6) is 0 Å². The van der Waals surface area contributed by atoms with Crippen LogP contribution in [0.25, 0.3) is 67.5 Å². The maximum absolute atomic E-state index is 5.25. The van der Waals surface area contributed by atoms with Gasteiger partial charge in [-0.25, -0.2) is 15.0 Å². The molecule has 3 aliphatic carbocycles. The first-order valence-corrected chi connectivity index (χ1v) is 18.0. The smallest absolute Gasteiger partial charge is 0.164 e. The molecule has 0 saturated carbocycles. The predicted octanol–water partition coefficient (Wildman–Crippen LogP) is 11.8. The molecule has 0 N–H and O–H groups in total. The van der Waals surface area contributed by atoms with Gasteiger partial charge in [-0.1, -0.05) is 151 Å². The number of nitrogens with zero attached hydrogens (tertiary/aromatic N) is 3. The topological polar surface area (TPSA) is 38.7 Å². The number of benzene rings is 6. The molecule has 7 aromatic rings. The summed E-state index contributed by atoms with van der Waals surface area (Å²) < 4.78 is 0. The predicted molar refractivity (Wildman–Crippen MR) is 209 cm³/mol. The van der Waals surface area contributed by atoms with Crippen LogP contribution in [0.1, 0.15) is 74.9 Å². The molecule has 0 saturated heterocycles. The van der Waals surface area contributed by atoms with Crippen LogP contribution in [0.2, 0.25) is 0 Å². The van der Waals surface area contributed by atoms with Crippen molar-refractivity contribution in [1.29, 1.82) is 0 Å². The van der Waals surface area contributed by atoms with Crippen molar-refractivity contribution in [3.05, 3.63) is 161 Å². The third-order valence-electron chi connectivity index (χ3n) is 12.2. The molecule has 246 valence electrons. The SMILES string of the molecule is CC1(C)c2ccccc2-c2cc(-c3nc(-c4ccc5c(c4)-c4ccccc4C5(C)C)nc(-c4ccc5c(c4)C(C)(C)c4ccccc4-5)n3)ccc21. The van der Waals surface area contributed by atoms with E-state index in [2.05, 4.69) is 169 Å². The fraction of sp³-hybridized carbons (Fsp3) is 0.188. The molecule has 1 heterocycles. The summed E-state index contributed by atoms with van der Waals surface area (Å²) in [6.45, 7) is 13.9. The van der Waals surface area contributed by atoms with Gasteiger partial charge in [0.25, 0.3) is 0 Å². The first-order chi connectivity index (χ1) is 24.5. The van der Waals surface area contributed by atoms with Gasteiger partial charge in [0.1, 0.15) is 0 Å². The Kier molecular flexibility index (Phi) is 6.04. The molecule has 0 aliphatic heterocycles. The molecule has 3 heteroatoms. The molecule has 10 rings (SSSR count). The number of hydrogen-bond acceptors (Lipinski definition) is 3. The van der Waals surface area contributed by atoms with Gasteiger partial charge in [0.05, 0.1) is 0 Å². The number of aromatic nitrogens is 3. The summed E-state index contributed by atoms with van der Waals surface area (Å²) in [7, 11) is 0. The molecule has 3 aliphatic rings. The third kappa shape index (κ3) is 4.15. The van der Waals surface area contributed by atoms with E-state index < -0.39 is 0 Å². The van der Waals surface area contributed by atoms with Crippen molar-refractivity contribution in [1.82, 2.24) is 15.0 Å². The van der Waals surface area contributed by atoms with Crippen LogP contribution >= 0.6 is 0 Å². The molecule has 6 aromatic carbocycles. The zero-order chi connectivity index (χ0) is 34.9. The highest BCUT2D eigenvalue weighted by Crippen LogP contribution is 2.52. The Morgan fingerprint density at radius 2 is 0.608 bits per heavy atom. The zero-order valence-electron chi connectivity index (χ0n) is 30.0. The molecule has 3 nitrogen and oxygen atoms in total. The molecule has 0 spiro atoms. The van der Waals surface area contributed by atoms with E-state index in [0.29, 0.717) is 17.5 Å². The Labute approximate surface area is 300 Å². The fourth-order valence-corrected chi connectivity index (χ4v) is 9.33. The van der Waals surface area contributed by atoms with E-state index in [1.165, 1.54) is 66.8 Å². The largest absolute Gasteiger partial charge is 0.208 e. The molecule has 0 radical (unpaired) electrons. The molecule has 1 aromatic heterocycles. The highest BCUT2D eigenvalue weighted by atomic mass is 15.0. The van der Waals surface area contributed by atoms with Gasteiger partial charge in [-0.3, -0.25) is 0 Å². The second-order valence-corrected chi connectivity index (χ2v) is 16.1. The maximum atomic E-state index is 5.25. The average Bonchev–Trinajstić information content (AvgIpc) is 3.64. The molecule has 0 amide bonds. The van der Waals surface area contributed by atoms with E-state index in [-0.39, 0.29) is 16.2 Å². The standard InChI is InChI=1S/C48H39N3/c1-46(2)38-17-11-8-14-32(38)35-25-28(20-23-40(35)46)43-49-44(29-21-24-41-36(26-29)33-15-9-12-18-39(33)47(41,3)4)51-45(50-43)30-19-22-34-31-13-7-10-16-37(31)48(5,6)42(34)27-30/h7-27H,1-6H3. The summed E-state index contributed by atoms with van der Waals surface area (Å²) in [5.74, 6) is 2.06. The number of hydrogen-bond donors (Lipinski definition) is 0. The van der Waals surface area contributed by atoms with E-state index in [9.17, 15) is 0 Å². The summed E-state index contributed by atoms with van der Waals surface area (Å²) in [6, 6.07) is 46.6. The van der Waals surface area contributed by atoms with Gasteiger partial charge in [0.15, 0.2) is 17.5 Å². The third-order valence-corrected chi connectivity index (χ3v) is 12.2. The van der Waals surface area contributed by atoms with Crippen LogP contribution in [0.3, 0.4) is 0 Å². The monoisotopic (exact) mass is 657 g/mol. The molecular weight excluding hydrogens is 619 g/mol. The summed E-state index contributed by atoms with van der Waals surface area (Å²) in [5.41, 5.74) is 18.5. The van der Waals surface area contributed by atoms with Crippen LogP contribution in [-0.4, -0.2) is 15.0 Å². The second-order valence-electron chi connectivity index (χ2n) is 16.1. The van der Waals surface area contributed by atoms with Crippen molar-refractivity contribution in [2.45, 2.75) is 57.8 Å². The van der Waals surface area contributed by atoms with Gasteiger partial charge < -0.3 is 0 Å². The second kappa shape index (κ2) is 10.2.